The number of Topliss-reactive ketones (excluding diaryl/α,β-unsaturated/α-hetero) is 1. The number of carbonyl (C=O) groups excluding carboxylic acids is 2. The molecule has 2 aliphatic rings. The first kappa shape index (κ1) is 18.5. The molecule has 1 atom stereocenters. The van der Waals surface area contributed by atoms with E-state index in [4.69, 9.17) is 0 Å². The summed E-state index contributed by atoms with van der Waals surface area (Å²) >= 11 is 0. The van der Waals surface area contributed by atoms with Gasteiger partial charge in [0.05, 0.1) is 11.6 Å². The van der Waals surface area contributed by atoms with E-state index in [1.165, 1.54) is 0 Å². The Kier molecular flexibility index (Phi) is 4.80. The third-order valence-corrected chi connectivity index (χ3v) is 6.09. The molecule has 28 heavy (non-hydrogen) atoms. The minimum atomic E-state index is -0.587. The van der Waals surface area contributed by atoms with Crippen molar-refractivity contribution in [2.24, 2.45) is 0 Å². The summed E-state index contributed by atoms with van der Waals surface area (Å²) in [5.74, 6) is -1.17. The largest absolute Gasteiger partial charge is 0.507 e. The van der Waals surface area contributed by atoms with Crippen molar-refractivity contribution in [2.45, 2.75) is 51.6 Å². The molecule has 0 bridgehead atoms. The number of aliphatic hydroxyl groups excluding tert-OH is 1. The first-order valence-corrected chi connectivity index (χ1v) is 9.91. The number of carbonyl (C=O) groups is 2. The summed E-state index contributed by atoms with van der Waals surface area (Å²) in [7, 11) is 0. The van der Waals surface area contributed by atoms with Crippen LogP contribution in [0, 0.1) is 13.8 Å². The maximum Gasteiger partial charge on any atom is 0.295 e. The molecular formula is C24H25NO3. The van der Waals surface area contributed by atoms with Gasteiger partial charge in [-0.25, -0.2) is 0 Å². The standard InChI is InChI=1S/C24H25NO3/c1-15-12-13-18(14-16(15)2)22(26)20-21(17-8-4-3-5-9-17)25(24(28)23(20)27)19-10-6-7-11-19/h3-5,8-9,12-14,19,21,26H,6-7,10-11H2,1-2H3/b22-20-. The van der Waals surface area contributed by atoms with Gasteiger partial charge in [0.15, 0.2) is 0 Å². The zero-order valence-corrected chi connectivity index (χ0v) is 16.3. The van der Waals surface area contributed by atoms with Gasteiger partial charge < -0.3 is 10.0 Å². The van der Waals surface area contributed by atoms with Crippen LogP contribution in [0.5, 0.6) is 0 Å². The van der Waals surface area contributed by atoms with E-state index in [1.807, 2.05) is 62.4 Å². The van der Waals surface area contributed by atoms with Gasteiger partial charge in [0.25, 0.3) is 11.7 Å². The van der Waals surface area contributed by atoms with E-state index in [0.29, 0.717) is 5.56 Å². The summed E-state index contributed by atoms with van der Waals surface area (Å²) in [6.07, 6.45) is 3.93. The van der Waals surface area contributed by atoms with Crippen LogP contribution in [0.3, 0.4) is 0 Å². The number of aliphatic hydroxyl groups is 1. The number of rotatable bonds is 3. The fourth-order valence-corrected chi connectivity index (χ4v) is 4.42. The Morgan fingerprint density at radius 1 is 0.964 bits per heavy atom. The van der Waals surface area contributed by atoms with Crippen LogP contribution >= 0.6 is 0 Å². The van der Waals surface area contributed by atoms with E-state index in [9.17, 15) is 14.7 Å². The van der Waals surface area contributed by atoms with Crippen LogP contribution in [-0.4, -0.2) is 27.7 Å². The highest BCUT2D eigenvalue weighted by molar-refractivity contribution is 6.46. The molecule has 1 aliphatic heterocycles. The van der Waals surface area contributed by atoms with Crippen molar-refractivity contribution in [1.29, 1.82) is 0 Å². The van der Waals surface area contributed by atoms with Gasteiger partial charge in [-0.2, -0.15) is 0 Å². The second-order valence-corrected chi connectivity index (χ2v) is 7.85. The molecule has 2 aromatic carbocycles. The average Bonchev–Trinajstić information content (AvgIpc) is 3.31. The number of ketones is 1. The van der Waals surface area contributed by atoms with E-state index < -0.39 is 17.7 Å². The van der Waals surface area contributed by atoms with Crippen molar-refractivity contribution in [2.75, 3.05) is 0 Å². The average molecular weight is 375 g/mol. The molecule has 144 valence electrons. The summed E-state index contributed by atoms with van der Waals surface area (Å²) < 4.78 is 0. The zero-order valence-electron chi connectivity index (χ0n) is 16.3. The molecule has 4 rings (SSSR count). The lowest BCUT2D eigenvalue weighted by molar-refractivity contribution is -0.141. The van der Waals surface area contributed by atoms with E-state index in [1.54, 1.807) is 4.90 Å². The second kappa shape index (κ2) is 7.27. The third kappa shape index (κ3) is 3.03. The zero-order chi connectivity index (χ0) is 19.8. The van der Waals surface area contributed by atoms with Crippen molar-refractivity contribution < 1.29 is 14.7 Å². The van der Waals surface area contributed by atoms with Crippen molar-refractivity contribution in [3.8, 4) is 0 Å². The summed E-state index contributed by atoms with van der Waals surface area (Å²) in [4.78, 5) is 27.7. The van der Waals surface area contributed by atoms with Gasteiger partial charge in [-0.3, -0.25) is 9.59 Å². The fourth-order valence-electron chi connectivity index (χ4n) is 4.42. The Morgan fingerprint density at radius 2 is 1.64 bits per heavy atom. The summed E-state index contributed by atoms with van der Waals surface area (Å²) in [5, 5.41) is 11.1. The van der Waals surface area contributed by atoms with Crippen LogP contribution in [0.25, 0.3) is 5.76 Å². The smallest absolute Gasteiger partial charge is 0.295 e. The molecule has 0 spiro atoms. The highest BCUT2D eigenvalue weighted by Crippen LogP contribution is 2.43. The topological polar surface area (TPSA) is 57.6 Å². The molecule has 1 aliphatic carbocycles. The Bertz CT molecular complexity index is 955. The van der Waals surface area contributed by atoms with Gasteiger partial charge in [0.2, 0.25) is 0 Å². The molecule has 1 unspecified atom stereocenters. The van der Waals surface area contributed by atoms with Crippen molar-refractivity contribution in [1.82, 2.24) is 4.90 Å². The number of nitrogens with zero attached hydrogens (tertiary/aromatic N) is 1. The maximum atomic E-state index is 13.0. The molecule has 1 saturated carbocycles. The van der Waals surface area contributed by atoms with Gasteiger partial charge in [-0.15, -0.1) is 0 Å². The Balaban J connectivity index is 1.89. The van der Waals surface area contributed by atoms with Crippen LogP contribution in [0.4, 0.5) is 0 Å². The second-order valence-electron chi connectivity index (χ2n) is 7.85. The van der Waals surface area contributed by atoms with Crippen molar-refractivity contribution >= 4 is 17.4 Å². The molecule has 2 fully saturated rings. The molecule has 1 amide bonds. The molecular weight excluding hydrogens is 350 g/mol. The van der Waals surface area contributed by atoms with Gasteiger partial charge in [-0.1, -0.05) is 55.3 Å². The Morgan fingerprint density at radius 3 is 2.29 bits per heavy atom. The summed E-state index contributed by atoms with van der Waals surface area (Å²) in [6, 6.07) is 14.7. The van der Waals surface area contributed by atoms with Gasteiger partial charge in [-0.05, 0) is 49.4 Å². The fraction of sp³-hybridized carbons (Fsp3) is 0.333. The Hall–Kier alpha value is -2.88. The van der Waals surface area contributed by atoms with Crippen LogP contribution in [0.15, 0.2) is 54.1 Å². The number of likely N-dealkylation sites (tertiary alicyclic amines) is 1. The van der Waals surface area contributed by atoms with Gasteiger partial charge in [0.1, 0.15) is 5.76 Å². The highest BCUT2D eigenvalue weighted by Gasteiger charge is 2.49. The predicted molar refractivity (Wildman–Crippen MR) is 109 cm³/mol. The summed E-state index contributed by atoms with van der Waals surface area (Å²) in [6.45, 7) is 3.97. The van der Waals surface area contributed by atoms with Crippen LogP contribution < -0.4 is 0 Å². The quantitative estimate of drug-likeness (QED) is 0.482. The number of hydrogen-bond acceptors (Lipinski definition) is 3. The Labute approximate surface area is 165 Å². The molecule has 0 radical (unpaired) electrons. The minimum Gasteiger partial charge on any atom is -0.507 e. The van der Waals surface area contributed by atoms with Gasteiger partial charge in [0, 0.05) is 11.6 Å². The van der Waals surface area contributed by atoms with Crippen molar-refractivity contribution in [3.63, 3.8) is 0 Å². The van der Waals surface area contributed by atoms with Crippen molar-refractivity contribution in [3.05, 3.63) is 76.4 Å². The lowest BCUT2D eigenvalue weighted by Gasteiger charge is -2.30. The molecule has 0 aromatic heterocycles. The van der Waals surface area contributed by atoms with Crippen LogP contribution in [-0.2, 0) is 9.59 Å². The number of amides is 1. The number of benzene rings is 2. The molecule has 1 heterocycles. The molecule has 4 heteroatoms. The predicted octanol–water partition coefficient (Wildman–Crippen LogP) is 4.67. The highest BCUT2D eigenvalue weighted by atomic mass is 16.3. The first-order valence-electron chi connectivity index (χ1n) is 9.91. The molecule has 1 N–H and O–H groups in total. The monoisotopic (exact) mass is 375 g/mol. The van der Waals surface area contributed by atoms with Crippen LogP contribution in [0.1, 0.15) is 54.0 Å². The number of hydrogen-bond donors (Lipinski definition) is 1. The lowest BCUT2D eigenvalue weighted by Crippen LogP contribution is -2.37. The van der Waals surface area contributed by atoms with Gasteiger partial charge >= 0.3 is 0 Å². The molecule has 1 saturated heterocycles. The third-order valence-electron chi connectivity index (χ3n) is 6.09. The number of aryl methyl sites for hydroxylation is 2. The van der Waals surface area contributed by atoms with E-state index >= 15 is 0 Å². The lowest BCUT2D eigenvalue weighted by atomic mass is 9.94. The summed E-state index contributed by atoms with van der Waals surface area (Å²) in [5.41, 5.74) is 3.78. The normalized spacial score (nSPS) is 22.2. The minimum absolute atomic E-state index is 0.0479. The van der Waals surface area contributed by atoms with E-state index in [2.05, 4.69) is 0 Å². The van der Waals surface area contributed by atoms with Crippen LogP contribution in [0.2, 0.25) is 0 Å². The molecule has 2 aromatic rings. The molecule has 4 nitrogen and oxygen atoms in total. The first-order chi connectivity index (χ1) is 13.5. The van der Waals surface area contributed by atoms with E-state index in [0.717, 1.165) is 42.4 Å². The van der Waals surface area contributed by atoms with E-state index in [-0.39, 0.29) is 17.4 Å². The maximum absolute atomic E-state index is 13.0. The SMILES string of the molecule is Cc1ccc(/C(O)=C2/C(=O)C(=O)N(C3CCCC3)C2c2ccccc2)cc1C.